The van der Waals surface area contributed by atoms with Gasteiger partial charge in [0.2, 0.25) is 15.9 Å². The maximum absolute atomic E-state index is 12.3. The summed E-state index contributed by atoms with van der Waals surface area (Å²) in [5.74, 6) is -0.533. The first-order valence-corrected chi connectivity index (χ1v) is 11.0. The maximum atomic E-state index is 12.3. The van der Waals surface area contributed by atoms with Gasteiger partial charge in [-0.05, 0) is 23.8 Å². The highest BCUT2D eigenvalue weighted by Crippen LogP contribution is 2.19. The van der Waals surface area contributed by atoms with Gasteiger partial charge >= 0.3 is 0 Å². The van der Waals surface area contributed by atoms with Crippen molar-refractivity contribution in [3.05, 3.63) is 53.3 Å². The molecule has 0 aliphatic carbocycles. The fraction of sp³-hybridized carbons (Fsp3) is 0.444. The fourth-order valence-electron chi connectivity index (χ4n) is 2.99. The number of benzene rings is 1. The summed E-state index contributed by atoms with van der Waals surface area (Å²) in [7, 11) is -3.46. The Hall–Kier alpha value is -1.94. The summed E-state index contributed by atoms with van der Waals surface area (Å²) in [6, 6.07) is 8.91. The van der Waals surface area contributed by atoms with Gasteiger partial charge in [0, 0.05) is 43.5 Å². The Bertz CT molecular complexity index is 866. The van der Waals surface area contributed by atoms with Gasteiger partial charge in [0.25, 0.3) is 0 Å². The zero-order valence-corrected chi connectivity index (χ0v) is 16.9. The number of hydrogen-bond acceptors (Lipinski definition) is 5. The lowest BCUT2D eigenvalue weighted by Gasteiger charge is -2.26. The Morgan fingerprint density at radius 1 is 1.25 bits per heavy atom. The number of carbonyl (C=O) groups is 1. The lowest BCUT2D eigenvalue weighted by atomic mass is 10.1. The second-order valence-corrected chi connectivity index (χ2v) is 8.96. The minimum absolute atomic E-state index is 0.0911. The van der Waals surface area contributed by atoms with E-state index in [1.165, 1.54) is 4.31 Å². The number of carbonyl (C=O) groups excluding carboxylic acids is 1. The summed E-state index contributed by atoms with van der Waals surface area (Å²) in [4.78, 5) is 12.3. The molecule has 1 amide bonds. The first-order valence-electron chi connectivity index (χ1n) is 9.02. The van der Waals surface area contributed by atoms with E-state index in [2.05, 4.69) is 10.4 Å². The Morgan fingerprint density at radius 3 is 2.61 bits per heavy atom. The monoisotopic (exact) mass is 426 g/mol. The predicted molar refractivity (Wildman–Crippen MR) is 106 cm³/mol. The van der Waals surface area contributed by atoms with Gasteiger partial charge in [0.05, 0.1) is 25.0 Å². The predicted octanol–water partition coefficient (Wildman–Crippen LogP) is 1.29. The standard InChI is InChI=1S/C18H23ClN4O4S/c19-16-4-2-15(3-5-16)17(23-8-1-7-21-23)14-20-18(24)6-13-28(25,26)22-9-11-27-12-10-22/h1-5,7-8,17H,6,9-14H2,(H,20,24)/t17-/m1/s1. The zero-order chi connectivity index (χ0) is 20.0. The SMILES string of the molecule is O=C(CCS(=O)(=O)N1CCOCC1)NC[C@H](c1ccc(Cl)cc1)n1cccn1. The Labute approximate surface area is 169 Å². The quantitative estimate of drug-likeness (QED) is 0.686. The fourth-order valence-corrected chi connectivity index (χ4v) is 4.52. The highest BCUT2D eigenvalue weighted by Gasteiger charge is 2.25. The maximum Gasteiger partial charge on any atom is 0.221 e. The molecule has 2 aromatic rings. The van der Waals surface area contributed by atoms with Crippen molar-refractivity contribution >= 4 is 27.5 Å². The number of amides is 1. The molecule has 152 valence electrons. The molecule has 0 bridgehead atoms. The first-order chi connectivity index (χ1) is 13.5. The smallest absolute Gasteiger partial charge is 0.221 e. The molecule has 0 unspecified atom stereocenters. The normalized spacial score (nSPS) is 16.6. The van der Waals surface area contributed by atoms with Gasteiger partial charge < -0.3 is 10.1 Å². The van der Waals surface area contributed by atoms with Crippen LogP contribution in [0, 0.1) is 0 Å². The molecule has 2 heterocycles. The van der Waals surface area contributed by atoms with Crippen molar-refractivity contribution in [2.45, 2.75) is 12.5 Å². The third-order valence-electron chi connectivity index (χ3n) is 4.54. The summed E-state index contributed by atoms with van der Waals surface area (Å²) in [5.41, 5.74) is 0.939. The molecular weight excluding hydrogens is 404 g/mol. The third kappa shape index (κ3) is 5.54. The third-order valence-corrected chi connectivity index (χ3v) is 6.67. The lowest BCUT2D eigenvalue weighted by molar-refractivity contribution is -0.120. The van der Waals surface area contributed by atoms with Crippen LogP contribution in [-0.4, -0.2) is 67.0 Å². The number of nitrogens with one attached hydrogen (secondary N) is 1. The van der Waals surface area contributed by atoms with Crippen molar-refractivity contribution in [3.63, 3.8) is 0 Å². The van der Waals surface area contributed by atoms with Crippen molar-refractivity contribution in [1.82, 2.24) is 19.4 Å². The average molecular weight is 427 g/mol. The molecule has 0 spiro atoms. The number of aromatic nitrogens is 2. The highest BCUT2D eigenvalue weighted by molar-refractivity contribution is 7.89. The van der Waals surface area contributed by atoms with Crippen LogP contribution in [0.15, 0.2) is 42.7 Å². The van der Waals surface area contributed by atoms with E-state index < -0.39 is 10.0 Å². The molecule has 28 heavy (non-hydrogen) atoms. The molecular formula is C18H23ClN4O4S. The summed E-state index contributed by atoms with van der Waals surface area (Å²) >= 11 is 5.96. The molecule has 1 aromatic carbocycles. The van der Waals surface area contributed by atoms with E-state index in [1.54, 1.807) is 29.1 Å². The number of hydrogen-bond donors (Lipinski definition) is 1. The Balaban J connectivity index is 1.57. The van der Waals surface area contributed by atoms with E-state index >= 15 is 0 Å². The van der Waals surface area contributed by atoms with Gasteiger partial charge in [0.15, 0.2) is 0 Å². The number of rotatable bonds is 8. The van der Waals surface area contributed by atoms with Gasteiger partial charge in [-0.15, -0.1) is 0 Å². The average Bonchev–Trinajstić information content (AvgIpc) is 3.23. The second kappa shape index (κ2) is 9.51. The van der Waals surface area contributed by atoms with Gasteiger partial charge in [0.1, 0.15) is 0 Å². The van der Waals surface area contributed by atoms with Gasteiger partial charge in [-0.25, -0.2) is 8.42 Å². The lowest BCUT2D eigenvalue weighted by Crippen LogP contribution is -2.42. The van der Waals surface area contributed by atoms with E-state index in [0.29, 0.717) is 37.9 Å². The van der Waals surface area contributed by atoms with Crippen molar-refractivity contribution in [1.29, 1.82) is 0 Å². The highest BCUT2D eigenvalue weighted by atomic mass is 35.5. The Kier molecular flexibility index (Phi) is 7.06. The van der Waals surface area contributed by atoms with Crippen LogP contribution in [0.25, 0.3) is 0 Å². The molecule has 1 atom stereocenters. The molecule has 0 saturated carbocycles. The van der Waals surface area contributed by atoms with Crippen LogP contribution in [-0.2, 0) is 19.6 Å². The van der Waals surface area contributed by atoms with E-state index in [0.717, 1.165) is 5.56 Å². The number of ether oxygens (including phenoxy) is 1. The molecule has 1 fully saturated rings. The van der Waals surface area contributed by atoms with E-state index in [-0.39, 0.29) is 24.1 Å². The number of sulfonamides is 1. The first kappa shape index (κ1) is 20.8. The van der Waals surface area contributed by atoms with Crippen LogP contribution in [0.5, 0.6) is 0 Å². The Morgan fingerprint density at radius 2 is 1.96 bits per heavy atom. The van der Waals surface area contributed by atoms with Crippen LogP contribution in [0.1, 0.15) is 18.0 Å². The summed E-state index contributed by atoms with van der Waals surface area (Å²) in [6.45, 7) is 1.74. The molecule has 1 aliphatic rings. The number of halogens is 1. The molecule has 10 heteroatoms. The zero-order valence-electron chi connectivity index (χ0n) is 15.3. The number of morpholine rings is 1. The molecule has 1 saturated heterocycles. The van der Waals surface area contributed by atoms with Crippen molar-refractivity contribution in [2.24, 2.45) is 0 Å². The molecule has 1 N–H and O–H groups in total. The van der Waals surface area contributed by atoms with E-state index in [4.69, 9.17) is 16.3 Å². The van der Waals surface area contributed by atoms with Crippen molar-refractivity contribution < 1.29 is 17.9 Å². The van der Waals surface area contributed by atoms with Crippen LogP contribution >= 0.6 is 11.6 Å². The van der Waals surface area contributed by atoms with Crippen LogP contribution in [0.4, 0.5) is 0 Å². The van der Waals surface area contributed by atoms with Crippen molar-refractivity contribution in [3.8, 4) is 0 Å². The minimum atomic E-state index is -3.46. The molecule has 0 radical (unpaired) electrons. The summed E-state index contributed by atoms with van der Waals surface area (Å²) < 4.78 is 33.0. The summed E-state index contributed by atoms with van der Waals surface area (Å²) in [5, 5.41) is 7.70. The van der Waals surface area contributed by atoms with Crippen LogP contribution in [0.2, 0.25) is 5.02 Å². The van der Waals surface area contributed by atoms with Crippen LogP contribution < -0.4 is 5.32 Å². The molecule has 1 aliphatic heterocycles. The topological polar surface area (TPSA) is 93.5 Å². The summed E-state index contributed by atoms with van der Waals surface area (Å²) in [6.07, 6.45) is 3.39. The largest absolute Gasteiger partial charge is 0.379 e. The molecule has 1 aromatic heterocycles. The van der Waals surface area contributed by atoms with Crippen molar-refractivity contribution in [2.75, 3.05) is 38.6 Å². The number of nitrogens with zero attached hydrogens (tertiary/aromatic N) is 3. The molecule has 3 rings (SSSR count). The minimum Gasteiger partial charge on any atom is -0.379 e. The molecule has 8 nitrogen and oxygen atoms in total. The van der Waals surface area contributed by atoms with Crippen LogP contribution in [0.3, 0.4) is 0 Å². The van der Waals surface area contributed by atoms with Gasteiger partial charge in [-0.3, -0.25) is 9.48 Å². The van der Waals surface area contributed by atoms with E-state index in [9.17, 15) is 13.2 Å². The van der Waals surface area contributed by atoms with Gasteiger partial charge in [-0.1, -0.05) is 23.7 Å². The van der Waals surface area contributed by atoms with Gasteiger partial charge in [-0.2, -0.15) is 9.40 Å². The second-order valence-electron chi connectivity index (χ2n) is 6.43. The van der Waals surface area contributed by atoms with E-state index in [1.807, 2.05) is 18.3 Å².